The zero-order chi connectivity index (χ0) is 12.3. The van der Waals surface area contributed by atoms with Crippen LogP contribution in [0.25, 0.3) is 0 Å². The Morgan fingerprint density at radius 1 is 1.59 bits per heavy atom. The van der Waals surface area contributed by atoms with Crippen LogP contribution >= 0.6 is 11.6 Å². The van der Waals surface area contributed by atoms with Crippen LogP contribution in [-0.4, -0.2) is 31.7 Å². The van der Waals surface area contributed by atoms with E-state index in [1.54, 1.807) is 0 Å². The third-order valence-corrected chi connectivity index (χ3v) is 2.75. The van der Waals surface area contributed by atoms with Gasteiger partial charge in [-0.05, 0) is 12.1 Å². The Balaban J connectivity index is 2.07. The molecule has 0 aliphatic carbocycles. The number of halogens is 2. The average molecular weight is 259 g/mol. The summed E-state index contributed by atoms with van der Waals surface area (Å²) in [6, 6.07) is 4.23. The molecule has 0 aromatic heterocycles. The number of ether oxygens (including phenoxy) is 1. The molecule has 2 rings (SSSR count). The van der Waals surface area contributed by atoms with Gasteiger partial charge in [-0.25, -0.2) is 4.39 Å². The maximum atomic E-state index is 13.4. The van der Waals surface area contributed by atoms with Gasteiger partial charge in [0.25, 0.3) is 5.91 Å². The molecule has 1 aromatic rings. The van der Waals surface area contributed by atoms with Gasteiger partial charge in [-0.1, -0.05) is 17.7 Å². The number of morpholine rings is 1. The highest BCUT2D eigenvalue weighted by Gasteiger charge is 2.23. The number of benzene rings is 1. The van der Waals surface area contributed by atoms with Crippen LogP contribution in [0.1, 0.15) is 0 Å². The number of hydrogen-bond donors (Lipinski definition) is 2. The Hall–Kier alpha value is -1.17. The van der Waals surface area contributed by atoms with E-state index in [-0.39, 0.29) is 10.7 Å². The van der Waals surface area contributed by atoms with Gasteiger partial charge in [0, 0.05) is 13.1 Å². The van der Waals surface area contributed by atoms with Crippen molar-refractivity contribution in [3.63, 3.8) is 0 Å². The zero-order valence-corrected chi connectivity index (χ0v) is 9.76. The number of carbonyl (C=O) groups excluding carboxylic acids is 1. The third-order valence-electron chi connectivity index (χ3n) is 2.43. The Morgan fingerprint density at radius 2 is 2.41 bits per heavy atom. The topological polar surface area (TPSA) is 50.4 Å². The highest BCUT2D eigenvalue weighted by Crippen LogP contribution is 2.24. The highest BCUT2D eigenvalue weighted by atomic mass is 35.5. The molecule has 0 saturated carbocycles. The Kier molecular flexibility index (Phi) is 3.93. The Labute approximate surface area is 103 Å². The molecule has 1 unspecified atom stereocenters. The van der Waals surface area contributed by atoms with E-state index in [0.717, 1.165) is 0 Å². The van der Waals surface area contributed by atoms with E-state index in [2.05, 4.69) is 10.6 Å². The maximum absolute atomic E-state index is 13.4. The molecule has 4 nitrogen and oxygen atoms in total. The highest BCUT2D eigenvalue weighted by molar-refractivity contribution is 6.33. The Bertz CT molecular complexity index is 402. The summed E-state index contributed by atoms with van der Waals surface area (Å²) < 4.78 is 18.7. The summed E-state index contributed by atoms with van der Waals surface area (Å²) in [6.45, 7) is 1.59. The van der Waals surface area contributed by atoms with E-state index in [9.17, 15) is 9.18 Å². The molecule has 1 aliphatic heterocycles. The molecule has 1 saturated heterocycles. The predicted octanol–water partition coefficient (Wildman–Crippen LogP) is 1.41. The fourth-order valence-corrected chi connectivity index (χ4v) is 1.77. The van der Waals surface area contributed by atoms with Gasteiger partial charge in [0.05, 0.1) is 17.3 Å². The monoisotopic (exact) mass is 258 g/mol. The van der Waals surface area contributed by atoms with E-state index in [1.165, 1.54) is 18.2 Å². The van der Waals surface area contributed by atoms with Crippen LogP contribution in [-0.2, 0) is 9.53 Å². The molecule has 92 valence electrons. The summed E-state index contributed by atoms with van der Waals surface area (Å²) in [6.07, 6.45) is -0.612. The maximum Gasteiger partial charge on any atom is 0.254 e. The molecule has 1 heterocycles. The van der Waals surface area contributed by atoms with E-state index in [0.29, 0.717) is 19.7 Å². The van der Waals surface area contributed by atoms with Gasteiger partial charge in [0.2, 0.25) is 0 Å². The first-order valence-electron chi connectivity index (χ1n) is 5.25. The molecule has 1 fully saturated rings. The summed E-state index contributed by atoms with van der Waals surface area (Å²) in [4.78, 5) is 11.8. The average Bonchev–Trinajstić information content (AvgIpc) is 2.35. The van der Waals surface area contributed by atoms with Gasteiger partial charge >= 0.3 is 0 Å². The van der Waals surface area contributed by atoms with Gasteiger partial charge in [-0.3, -0.25) is 4.79 Å². The van der Waals surface area contributed by atoms with Gasteiger partial charge in [-0.15, -0.1) is 0 Å². The van der Waals surface area contributed by atoms with E-state index < -0.39 is 17.8 Å². The largest absolute Gasteiger partial charge is 0.366 e. The minimum Gasteiger partial charge on any atom is -0.366 e. The molecule has 1 amide bonds. The first-order chi connectivity index (χ1) is 8.18. The van der Waals surface area contributed by atoms with Crippen LogP contribution < -0.4 is 10.6 Å². The van der Waals surface area contributed by atoms with E-state index in [4.69, 9.17) is 16.3 Å². The van der Waals surface area contributed by atoms with Gasteiger partial charge in [-0.2, -0.15) is 0 Å². The summed E-state index contributed by atoms with van der Waals surface area (Å²) >= 11 is 5.80. The van der Waals surface area contributed by atoms with Gasteiger partial charge in [0.15, 0.2) is 0 Å². The predicted molar refractivity (Wildman–Crippen MR) is 62.6 cm³/mol. The lowest BCUT2D eigenvalue weighted by Crippen LogP contribution is -2.45. The molecular formula is C11H12ClFN2O2. The summed E-state index contributed by atoms with van der Waals surface area (Å²) in [5.41, 5.74) is -0.00617. The quantitative estimate of drug-likeness (QED) is 0.843. The summed E-state index contributed by atoms with van der Waals surface area (Å²) in [7, 11) is 0. The second-order valence-electron chi connectivity index (χ2n) is 3.65. The van der Waals surface area contributed by atoms with E-state index >= 15 is 0 Å². The summed E-state index contributed by atoms with van der Waals surface area (Å²) in [5, 5.41) is 5.62. The number of nitrogens with one attached hydrogen (secondary N) is 2. The molecule has 1 atom stereocenters. The second kappa shape index (κ2) is 5.44. The van der Waals surface area contributed by atoms with Crippen molar-refractivity contribution in [1.82, 2.24) is 5.32 Å². The van der Waals surface area contributed by atoms with Crippen molar-refractivity contribution in [3.8, 4) is 0 Å². The van der Waals surface area contributed by atoms with Crippen LogP contribution in [0.5, 0.6) is 0 Å². The van der Waals surface area contributed by atoms with Crippen molar-refractivity contribution in [2.45, 2.75) is 6.10 Å². The van der Waals surface area contributed by atoms with Crippen LogP contribution in [0.4, 0.5) is 10.1 Å². The minimum absolute atomic E-state index is 0.00617. The van der Waals surface area contributed by atoms with Crippen LogP contribution in [0.15, 0.2) is 18.2 Å². The fourth-order valence-electron chi connectivity index (χ4n) is 1.55. The first kappa shape index (κ1) is 12.3. The smallest absolute Gasteiger partial charge is 0.254 e. The van der Waals surface area contributed by atoms with Crippen LogP contribution in [0.3, 0.4) is 0 Å². The molecule has 1 aliphatic rings. The van der Waals surface area contributed by atoms with Crippen molar-refractivity contribution < 1.29 is 13.9 Å². The lowest BCUT2D eigenvalue weighted by atomic mass is 10.2. The number of rotatable bonds is 2. The molecule has 17 heavy (non-hydrogen) atoms. The molecule has 0 bridgehead atoms. The van der Waals surface area contributed by atoms with Gasteiger partial charge < -0.3 is 15.4 Å². The van der Waals surface area contributed by atoms with Crippen molar-refractivity contribution in [2.75, 3.05) is 25.0 Å². The van der Waals surface area contributed by atoms with Crippen molar-refractivity contribution in [1.29, 1.82) is 0 Å². The normalized spacial score (nSPS) is 20.0. The van der Waals surface area contributed by atoms with Crippen LogP contribution in [0, 0.1) is 5.82 Å². The molecule has 1 aromatic carbocycles. The fraction of sp³-hybridized carbons (Fsp3) is 0.364. The summed E-state index contributed by atoms with van der Waals surface area (Å²) in [5.74, 6) is -0.959. The number of para-hydroxylation sites is 1. The van der Waals surface area contributed by atoms with Crippen molar-refractivity contribution in [3.05, 3.63) is 29.0 Å². The lowest BCUT2D eigenvalue weighted by molar-refractivity contribution is -0.128. The number of hydrogen-bond acceptors (Lipinski definition) is 3. The third kappa shape index (κ3) is 2.94. The number of anilines is 1. The molecule has 6 heteroatoms. The molecular weight excluding hydrogens is 247 g/mol. The molecule has 0 spiro atoms. The number of carbonyl (C=O) groups is 1. The van der Waals surface area contributed by atoms with Crippen LogP contribution in [0.2, 0.25) is 5.02 Å². The second-order valence-corrected chi connectivity index (χ2v) is 4.06. The van der Waals surface area contributed by atoms with Crippen molar-refractivity contribution >= 4 is 23.2 Å². The van der Waals surface area contributed by atoms with E-state index in [1.807, 2.05) is 0 Å². The molecule has 0 radical (unpaired) electrons. The number of amides is 1. The minimum atomic E-state index is -0.612. The standard InChI is InChI=1S/C11H12ClFN2O2/c12-7-2-1-3-8(13)10(7)15-11(16)9-6-14-4-5-17-9/h1-3,9,14H,4-6H2,(H,15,16). The SMILES string of the molecule is O=C(Nc1c(F)cccc1Cl)C1CNCCO1. The van der Waals surface area contributed by atoms with Gasteiger partial charge in [0.1, 0.15) is 11.9 Å². The van der Waals surface area contributed by atoms with Crippen molar-refractivity contribution in [2.24, 2.45) is 0 Å². The molecule has 2 N–H and O–H groups in total. The zero-order valence-electron chi connectivity index (χ0n) is 9.00. The first-order valence-corrected chi connectivity index (χ1v) is 5.63. The Morgan fingerprint density at radius 3 is 3.06 bits per heavy atom. The lowest BCUT2D eigenvalue weighted by Gasteiger charge is -2.23.